The molecule has 3 aliphatic rings. The molecule has 0 bridgehead atoms. The van der Waals surface area contributed by atoms with Crippen molar-refractivity contribution < 1.29 is 0 Å². The Balaban J connectivity index is 1.47. The average molecular weight is 678 g/mol. The van der Waals surface area contributed by atoms with E-state index in [2.05, 4.69) is 187 Å². The van der Waals surface area contributed by atoms with Crippen LogP contribution >= 0.6 is 0 Å². The molecule has 5 aromatic rings. The molecule has 0 spiro atoms. The third-order valence-corrected chi connectivity index (χ3v) is 12.6. The van der Waals surface area contributed by atoms with Crippen molar-refractivity contribution in [1.29, 1.82) is 0 Å². The van der Waals surface area contributed by atoms with Crippen molar-refractivity contribution in [1.82, 2.24) is 14.4 Å². The van der Waals surface area contributed by atoms with E-state index in [9.17, 15) is 0 Å². The Morgan fingerprint density at radius 1 is 0.569 bits per heavy atom. The first-order valence-corrected chi connectivity index (χ1v) is 18.6. The summed E-state index contributed by atoms with van der Waals surface area (Å²) >= 11 is 0. The maximum atomic E-state index is 2.57. The van der Waals surface area contributed by atoms with Gasteiger partial charge in [-0.1, -0.05) is 71.9 Å². The lowest BCUT2D eigenvalue weighted by molar-refractivity contribution is 0.459. The Hall–Kier alpha value is -4.64. The minimum atomic E-state index is -0.422. The Labute approximate surface area is 305 Å². The minimum Gasteiger partial charge on any atom is -0.359 e. The fourth-order valence-electron chi connectivity index (χ4n) is 8.76. The molecular weight excluding hydrogens is 623 g/mol. The summed E-state index contributed by atoms with van der Waals surface area (Å²) in [4.78, 5) is 9.69. The topological polar surface area (TPSA) is 17.9 Å². The monoisotopic (exact) mass is 677 g/mol. The van der Waals surface area contributed by atoms with Gasteiger partial charge in [0.15, 0.2) is 0 Å². The van der Waals surface area contributed by atoms with Gasteiger partial charge in [0.1, 0.15) is 0 Å². The Morgan fingerprint density at radius 2 is 1.20 bits per heavy atom. The number of allylic oxidation sites excluding steroid dienone is 4. The molecule has 0 amide bonds. The van der Waals surface area contributed by atoms with Gasteiger partial charge in [0.05, 0.1) is 30.1 Å². The molecule has 1 atom stereocenters. The number of aromatic nitrogens is 1. The number of nitrogens with zero attached hydrogens (tertiary/aromatic N) is 5. The number of para-hydroxylation sites is 1. The summed E-state index contributed by atoms with van der Waals surface area (Å²) in [6.07, 6.45) is 0. The van der Waals surface area contributed by atoms with Crippen LogP contribution in [0.15, 0.2) is 95.6 Å². The molecule has 1 aromatic heterocycles. The third kappa shape index (κ3) is 4.80. The summed E-state index contributed by atoms with van der Waals surface area (Å²) < 4.78 is 2.57. The van der Waals surface area contributed by atoms with Crippen LogP contribution < -0.4 is 9.80 Å². The van der Waals surface area contributed by atoms with Crippen LogP contribution in [0.3, 0.4) is 0 Å². The second-order valence-corrected chi connectivity index (χ2v) is 17.7. The quantitative estimate of drug-likeness (QED) is 0.189. The zero-order valence-electron chi connectivity index (χ0n) is 33.1. The van der Waals surface area contributed by atoms with Gasteiger partial charge in [-0.05, 0) is 116 Å². The number of fused-ring (bicyclic) bond motifs is 5. The Bertz CT molecular complexity index is 2340. The highest BCUT2D eigenvalue weighted by Gasteiger charge is 2.42. The molecule has 1 unspecified atom stereocenters. The number of hydrogen-bond acceptors (Lipinski definition) is 4. The van der Waals surface area contributed by atoms with Crippen molar-refractivity contribution in [3.63, 3.8) is 0 Å². The van der Waals surface area contributed by atoms with Crippen LogP contribution in [-0.4, -0.2) is 41.8 Å². The molecule has 0 N–H and O–H groups in total. The van der Waals surface area contributed by atoms with Crippen molar-refractivity contribution in [2.75, 3.05) is 37.2 Å². The molecule has 51 heavy (non-hydrogen) atoms. The SMILES string of the molecule is CC1=C(C)N(c2cc(C(C)(C)C)cc(C3(C)c4cc(N5CN(C)C(C)=C5C)ccc4-n4c5ccc(C(C)(C)C)cc5c5cccc3c54)c2)CN1C. The van der Waals surface area contributed by atoms with Crippen LogP contribution in [0.4, 0.5) is 11.4 Å². The summed E-state index contributed by atoms with van der Waals surface area (Å²) in [5.41, 5.74) is 18.0. The highest BCUT2D eigenvalue weighted by Crippen LogP contribution is 2.53. The Morgan fingerprint density at radius 3 is 1.78 bits per heavy atom. The molecule has 5 heteroatoms. The van der Waals surface area contributed by atoms with E-state index < -0.39 is 5.41 Å². The van der Waals surface area contributed by atoms with Crippen LogP contribution in [0.5, 0.6) is 0 Å². The van der Waals surface area contributed by atoms with E-state index in [4.69, 9.17) is 0 Å². The van der Waals surface area contributed by atoms with E-state index >= 15 is 0 Å². The molecule has 264 valence electrons. The highest BCUT2D eigenvalue weighted by atomic mass is 15.4. The van der Waals surface area contributed by atoms with Crippen molar-refractivity contribution in [3.8, 4) is 5.69 Å². The zero-order chi connectivity index (χ0) is 36.5. The highest BCUT2D eigenvalue weighted by molar-refractivity contribution is 6.12. The fraction of sp³-hybridized carbons (Fsp3) is 0.391. The molecule has 4 heterocycles. The lowest BCUT2D eigenvalue weighted by Gasteiger charge is -2.40. The number of rotatable bonds is 3. The predicted octanol–water partition coefficient (Wildman–Crippen LogP) is 11.0. The fourth-order valence-corrected chi connectivity index (χ4v) is 8.76. The number of anilines is 2. The predicted molar refractivity (Wildman–Crippen MR) is 217 cm³/mol. The normalized spacial score (nSPS) is 19.5. The summed E-state index contributed by atoms with van der Waals surface area (Å²) in [5.74, 6) is 0. The van der Waals surface area contributed by atoms with Crippen molar-refractivity contribution >= 4 is 33.2 Å². The lowest BCUT2D eigenvalue weighted by atomic mass is 9.67. The van der Waals surface area contributed by atoms with Crippen molar-refractivity contribution in [2.24, 2.45) is 0 Å². The van der Waals surface area contributed by atoms with E-state index in [1.807, 2.05) is 0 Å². The lowest BCUT2D eigenvalue weighted by Crippen LogP contribution is -2.33. The van der Waals surface area contributed by atoms with Crippen LogP contribution in [0, 0.1) is 0 Å². The molecular formula is C46H55N5. The molecule has 4 aromatic carbocycles. The first-order chi connectivity index (χ1) is 23.9. The zero-order valence-corrected chi connectivity index (χ0v) is 33.1. The first-order valence-electron chi connectivity index (χ1n) is 18.6. The Kier molecular flexibility index (Phi) is 7.18. The second-order valence-electron chi connectivity index (χ2n) is 17.7. The molecule has 0 radical (unpaired) electrons. The maximum absolute atomic E-state index is 2.57. The van der Waals surface area contributed by atoms with Gasteiger partial charge in [0.2, 0.25) is 0 Å². The van der Waals surface area contributed by atoms with Gasteiger partial charge in [-0.15, -0.1) is 0 Å². The van der Waals surface area contributed by atoms with Gasteiger partial charge in [0.25, 0.3) is 0 Å². The van der Waals surface area contributed by atoms with E-state index in [0.717, 1.165) is 13.3 Å². The van der Waals surface area contributed by atoms with Crippen LogP contribution in [-0.2, 0) is 16.2 Å². The van der Waals surface area contributed by atoms with Crippen molar-refractivity contribution in [2.45, 2.75) is 92.4 Å². The molecule has 8 rings (SSSR count). The largest absolute Gasteiger partial charge is 0.359 e. The van der Waals surface area contributed by atoms with Crippen LogP contribution in [0.1, 0.15) is 104 Å². The van der Waals surface area contributed by atoms with E-state index in [0.29, 0.717) is 0 Å². The number of hydrogen-bond donors (Lipinski definition) is 0. The van der Waals surface area contributed by atoms with E-state index in [1.165, 1.54) is 89.5 Å². The molecule has 0 aliphatic carbocycles. The third-order valence-electron chi connectivity index (χ3n) is 12.6. The van der Waals surface area contributed by atoms with Gasteiger partial charge >= 0.3 is 0 Å². The van der Waals surface area contributed by atoms with Gasteiger partial charge < -0.3 is 24.2 Å². The summed E-state index contributed by atoms with van der Waals surface area (Å²) in [7, 11) is 4.39. The summed E-state index contributed by atoms with van der Waals surface area (Å²) in [6, 6.07) is 28.9. The molecule has 0 saturated heterocycles. The minimum absolute atomic E-state index is 0.0252. The summed E-state index contributed by atoms with van der Waals surface area (Å²) in [5, 5.41) is 2.66. The number of benzene rings is 4. The van der Waals surface area contributed by atoms with Crippen LogP contribution in [0.2, 0.25) is 0 Å². The van der Waals surface area contributed by atoms with E-state index in [-0.39, 0.29) is 10.8 Å². The maximum Gasteiger partial charge on any atom is 0.0943 e. The van der Waals surface area contributed by atoms with Gasteiger partial charge in [-0.2, -0.15) is 0 Å². The smallest absolute Gasteiger partial charge is 0.0943 e. The van der Waals surface area contributed by atoms with Gasteiger partial charge in [0, 0.05) is 64.4 Å². The standard InChI is InChI=1S/C46H55N5/c1-28-30(3)49(26-47(28)12)35-18-20-42-40(25-35)46(11,34-21-33(45(8,9)10)22-36(23-34)50-27-48(13)29(2)31(50)4)39-16-14-15-37-38-24-32(44(5,6)7)17-19-41(38)51(42)43(37)39/h14-25H,26-27H2,1-13H3. The van der Waals surface area contributed by atoms with E-state index in [1.54, 1.807) is 0 Å². The van der Waals surface area contributed by atoms with Gasteiger partial charge in [-0.25, -0.2) is 0 Å². The second kappa shape index (κ2) is 10.9. The molecule has 5 nitrogen and oxygen atoms in total. The molecule has 3 aliphatic heterocycles. The van der Waals surface area contributed by atoms with Crippen molar-refractivity contribution in [3.05, 3.63) is 123 Å². The van der Waals surface area contributed by atoms with Crippen LogP contribution in [0.25, 0.3) is 27.5 Å². The molecule has 0 saturated carbocycles. The van der Waals surface area contributed by atoms with Gasteiger partial charge in [-0.3, -0.25) is 0 Å². The average Bonchev–Trinajstić information content (AvgIpc) is 3.66. The molecule has 0 fully saturated rings. The first kappa shape index (κ1) is 33.5. The summed E-state index contributed by atoms with van der Waals surface area (Å²) in [6.45, 7) is 27.2.